The van der Waals surface area contributed by atoms with Crippen molar-refractivity contribution in [1.82, 2.24) is 5.43 Å². The first-order chi connectivity index (χ1) is 6.77. The molecule has 78 valence electrons. The number of rotatable bonds is 5. The maximum atomic E-state index is 11.0. The highest BCUT2D eigenvalue weighted by atomic mass is 32.2. The Morgan fingerprint density at radius 2 is 2.43 bits per heavy atom. The zero-order valence-corrected chi connectivity index (χ0v) is 8.89. The van der Waals surface area contributed by atoms with Gasteiger partial charge in [-0.25, -0.2) is 5.84 Å². The molecule has 0 saturated heterocycles. The Kier molecular flexibility index (Phi) is 4.55. The molecule has 0 fully saturated rings. The lowest BCUT2D eigenvalue weighted by Crippen LogP contribution is -2.29. The fourth-order valence-corrected chi connectivity index (χ4v) is 1.76. The van der Waals surface area contributed by atoms with Crippen molar-refractivity contribution < 1.29 is 9.21 Å². The Labute approximate surface area is 87.2 Å². The minimum Gasteiger partial charge on any atom is -0.455 e. The van der Waals surface area contributed by atoms with E-state index in [2.05, 4.69) is 6.92 Å². The smallest absolute Gasteiger partial charge is 0.300 e. The Morgan fingerprint density at radius 3 is 3.07 bits per heavy atom. The van der Waals surface area contributed by atoms with Crippen LogP contribution in [0, 0.1) is 0 Å². The van der Waals surface area contributed by atoms with Crippen molar-refractivity contribution in [1.29, 1.82) is 0 Å². The Balaban J connectivity index is 2.46. The molecule has 0 aliphatic carbocycles. The Hall–Kier alpha value is -0.940. The molecule has 1 rings (SSSR count). The van der Waals surface area contributed by atoms with Gasteiger partial charge in [-0.3, -0.25) is 10.2 Å². The van der Waals surface area contributed by atoms with Gasteiger partial charge in [-0.05, 0) is 24.3 Å². The van der Waals surface area contributed by atoms with Crippen LogP contribution in [0.15, 0.2) is 16.5 Å². The average molecular weight is 214 g/mol. The third-order valence-electron chi connectivity index (χ3n) is 1.61. The van der Waals surface area contributed by atoms with Crippen molar-refractivity contribution >= 4 is 17.7 Å². The van der Waals surface area contributed by atoms with Crippen molar-refractivity contribution in [2.45, 2.75) is 19.1 Å². The van der Waals surface area contributed by atoms with Crippen molar-refractivity contribution in [3.8, 4) is 0 Å². The van der Waals surface area contributed by atoms with E-state index in [0.717, 1.165) is 23.7 Å². The molecule has 0 saturated carbocycles. The van der Waals surface area contributed by atoms with Crippen molar-refractivity contribution in [2.75, 3.05) is 5.75 Å². The lowest BCUT2D eigenvalue weighted by atomic mass is 10.4. The molecule has 4 nitrogen and oxygen atoms in total. The quantitative estimate of drug-likeness (QED) is 0.337. The zero-order chi connectivity index (χ0) is 10.4. The van der Waals surface area contributed by atoms with E-state index >= 15 is 0 Å². The number of amides is 1. The number of carbonyl (C=O) groups is 1. The third kappa shape index (κ3) is 3.08. The second kappa shape index (κ2) is 5.72. The van der Waals surface area contributed by atoms with Crippen LogP contribution in [-0.2, 0) is 5.75 Å². The molecular formula is C9H14N2O2S. The largest absolute Gasteiger partial charge is 0.455 e. The van der Waals surface area contributed by atoms with E-state index in [1.807, 2.05) is 5.43 Å². The third-order valence-corrected chi connectivity index (χ3v) is 2.79. The first-order valence-electron chi connectivity index (χ1n) is 4.45. The summed E-state index contributed by atoms with van der Waals surface area (Å²) in [5, 5.41) is 0. The monoisotopic (exact) mass is 214 g/mol. The lowest BCUT2D eigenvalue weighted by Gasteiger charge is -1.96. The topological polar surface area (TPSA) is 68.3 Å². The van der Waals surface area contributed by atoms with Gasteiger partial charge in [0.1, 0.15) is 5.76 Å². The molecule has 0 aliphatic rings. The second-order valence-corrected chi connectivity index (χ2v) is 3.90. The van der Waals surface area contributed by atoms with Crippen LogP contribution in [0.5, 0.6) is 0 Å². The molecule has 0 aromatic carbocycles. The number of nitrogens with one attached hydrogen (secondary N) is 1. The van der Waals surface area contributed by atoms with E-state index in [1.165, 1.54) is 0 Å². The summed E-state index contributed by atoms with van der Waals surface area (Å²) < 4.78 is 5.27. The van der Waals surface area contributed by atoms with Gasteiger partial charge in [0.25, 0.3) is 0 Å². The highest BCUT2D eigenvalue weighted by Crippen LogP contribution is 2.15. The molecule has 1 aromatic heterocycles. The summed E-state index contributed by atoms with van der Waals surface area (Å²) in [6.45, 7) is 2.13. The summed E-state index contributed by atoms with van der Waals surface area (Å²) in [4.78, 5) is 11.0. The standard InChI is InChI=1S/C9H14N2O2S/c1-2-5-14-6-7-3-4-8(13-7)9(12)11-10/h3-4H,2,5-6,10H2,1H3,(H,11,12). The maximum absolute atomic E-state index is 11.0. The number of nitrogen functional groups attached to an aromatic ring is 1. The fraction of sp³-hybridized carbons (Fsp3) is 0.444. The number of nitrogens with two attached hydrogens (primary N) is 1. The predicted molar refractivity (Wildman–Crippen MR) is 56.8 cm³/mol. The van der Waals surface area contributed by atoms with Gasteiger partial charge in [0.15, 0.2) is 5.76 Å². The van der Waals surface area contributed by atoms with Gasteiger partial charge in [-0.15, -0.1) is 0 Å². The molecule has 0 atom stereocenters. The maximum Gasteiger partial charge on any atom is 0.300 e. The second-order valence-electron chi connectivity index (χ2n) is 2.79. The van der Waals surface area contributed by atoms with Crippen LogP contribution in [0.1, 0.15) is 29.7 Å². The predicted octanol–water partition coefficient (Wildman–Crippen LogP) is 1.53. The lowest BCUT2D eigenvalue weighted by molar-refractivity contribution is 0.0924. The SMILES string of the molecule is CCCSCc1ccc(C(=O)NN)o1. The normalized spacial score (nSPS) is 10.1. The van der Waals surface area contributed by atoms with Gasteiger partial charge >= 0.3 is 5.91 Å². The molecule has 0 bridgehead atoms. The first kappa shape index (κ1) is 11.1. The minimum absolute atomic E-state index is 0.264. The molecular weight excluding hydrogens is 200 g/mol. The van der Waals surface area contributed by atoms with Crippen molar-refractivity contribution in [3.63, 3.8) is 0 Å². The van der Waals surface area contributed by atoms with Crippen LogP contribution in [0.4, 0.5) is 0 Å². The zero-order valence-electron chi connectivity index (χ0n) is 8.08. The van der Waals surface area contributed by atoms with Crippen molar-refractivity contribution in [3.05, 3.63) is 23.7 Å². The fourth-order valence-electron chi connectivity index (χ4n) is 0.966. The van der Waals surface area contributed by atoms with E-state index in [-0.39, 0.29) is 5.76 Å². The average Bonchev–Trinajstić information content (AvgIpc) is 2.66. The molecule has 1 aromatic rings. The van der Waals surface area contributed by atoms with Gasteiger partial charge in [-0.1, -0.05) is 6.92 Å². The van der Waals surface area contributed by atoms with Gasteiger partial charge in [0.05, 0.1) is 5.75 Å². The molecule has 0 aliphatic heterocycles. The minimum atomic E-state index is -0.392. The van der Waals surface area contributed by atoms with Gasteiger partial charge in [0.2, 0.25) is 0 Å². The van der Waals surface area contributed by atoms with Crippen LogP contribution in [-0.4, -0.2) is 11.7 Å². The van der Waals surface area contributed by atoms with Crippen LogP contribution in [0.2, 0.25) is 0 Å². The van der Waals surface area contributed by atoms with E-state index in [9.17, 15) is 4.79 Å². The molecule has 0 radical (unpaired) electrons. The van der Waals surface area contributed by atoms with E-state index in [0.29, 0.717) is 0 Å². The van der Waals surface area contributed by atoms with E-state index in [4.69, 9.17) is 10.3 Å². The molecule has 1 amide bonds. The number of furan rings is 1. The van der Waals surface area contributed by atoms with E-state index in [1.54, 1.807) is 23.9 Å². The Morgan fingerprint density at radius 1 is 1.64 bits per heavy atom. The molecule has 5 heteroatoms. The molecule has 14 heavy (non-hydrogen) atoms. The number of thioether (sulfide) groups is 1. The summed E-state index contributed by atoms with van der Waals surface area (Å²) in [6.07, 6.45) is 1.14. The van der Waals surface area contributed by atoms with E-state index < -0.39 is 5.91 Å². The molecule has 1 heterocycles. The van der Waals surface area contributed by atoms with Gasteiger partial charge in [-0.2, -0.15) is 11.8 Å². The van der Waals surface area contributed by atoms with Crippen LogP contribution < -0.4 is 11.3 Å². The van der Waals surface area contributed by atoms with Crippen molar-refractivity contribution in [2.24, 2.45) is 5.84 Å². The summed E-state index contributed by atoms with van der Waals surface area (Å²) in [5.41, 5.74) is 2.02. The van der Waals surface area contributed by atoms with Crippen LogP contribution in [0.3, 0.4) is 0 Å². The summed E-state index contributed by atoms with van der Waals surface area (Å²) in [7, 11) is 0. The number of carbonyl (C=O) groups excluding carboxylic acids is 1. The first-order valence-corrected chi connectivity index (χ1v) is 5.60. The van der Waals surface area contributed by atoms with Gasteiger partial charge < -0.3 is 4.42 Å². The summed E-state index contributed by atoms with van der Waals surface area (Å²) in [6, 6.07) is 3.43. The number of hydrogen-bond acceptors (Lipinski definition) is 4. The van der Waals surface area contributed by atoms with Crippen LogP contribution in [0.25, 0.3) is 0 Å². The molecule has 0 unspecified atom stereocenters. The number of hydrogen-bond donors (Lipinski definition) is 2. The highest BCUT2D eigenvalue weighted by molar-refractivity contribution is 7.98. The summed E-state index contributed by atoms with van der Waals surface area (Å²) >= 11 is 1.78. The number of hydrazine groups is 1. The highest BCUT2D eigenvalue weighted by Gasteiger charge is 2.08. The summed E-state index contributed by atoms with van der Waals surface area (Å²) in [5.74, 6) is 7.54. The molecule has 3 N–H and O–H groups in total. The van der Waals surface area contributed by atoms with Gasteiger partial charge in [0, 0.05) is 0 Å². The van der Waals surface area contributed by atoms with Crippen LogP contribution >= 0.6 is 11.8 Å². The molecule has 0 spiro atoms. The Bertz CT molecular complexity index is 299.